The first-order valence-corrected chi connectivity index (χ1v) is 15.4. The van der Waals surface area contributed by atoms with Crippen LogP contribution in [0.5, 0.6) is 0 Å². The largest absolute Gasteiger partial charge is 2.00 e. The number of benzene rings is 1. The summed E-state index contributed by atoms with van der Waals surface area (Å²) in [5, 5.41) is 26.2. The van der Waals surface area contributed by atoms with Gasteiger partial charge in [-0.3, -0.25) is 9.97 Å². The van der Waals surface area contributed by atoms with E-state index in [0.29, 0.717) is 40.2 Å². The summed E-state index contributed by atoms with van der Waals surface area (Å²) in [6.45, 7) is 21.0. The van der Waals surface area contributed by atoms with Crippen molar-refractivity contribution >= 4 is 22.9 Å². The van der Waals surface area contributed by atoms with Crippen LogP contribution in [0.3, 0.4) is 0 Å². The minimum absolute atomic E-state index is 0. The molecule has 4 aromatic rings. The normalized spacial score (nSPS) is 13.2. The van der Waals surface area contributed by atoms with Gasteiger partial charge in [0.25, 0.3) is 0 Å². The molecule has 3 aromatic heterocycles. The molecule has 6 bridgehead atoms. The molecule has 0 atom stereocenters. The number of hydrogen-bond donors (Lipinski definition) is 2. The zero-order valence-electron chi connectivity index (χ0n) is 27.1. The molecule has 9 heteroatoms. The van der Waals surface area contributed by atoms with E-state index in [-0.39, 0.29) is 38.2 Å². The summed E-state index contributed by atoms with van der Waals surface area (Å²) in [4.78, 5) is 13.9. The minimum Gasteiger partial charge on any atom is -0.424 e. The molecule has 1 aliphatic heterocycles. The van der Waals surface area contributed by atoms with Crippen LogP contribution in [0, 0.1) is 47.5 Å². The molecule has 0 saturated heterocycles. The van der Waals surface area contributed by atoms with Crippen LogP contribution in [0.25, 0.3) is 27.4 Å². The topological polar surface area (TPSA) is 108 Å². The Morgan fingerprint density at radius 1 is 1.00 bits per heavy atom. The van der Waals surface area contributed by atoms with Crippen LogP contribution < -0.4 is 5.32 Å². The second kappa shape index (κ2) is 14.4. The van der Waals surface area contributed by atoms with Gasteiger partial charge in [0.1, 0.15) is 0 Å². The van der Waals surface area contributed by atoms with E-state index in [1.54, 1.807) is 4.68 Å². The molecule has 1 aromatic carbocycles. The summed E-state index contributed by atoms with van der Waals surface area (Å²) in [5.74, 6) is 2.37. The number of aryl methyl sites for hydroxylation is 2. The summed E-state index contributed by atoms with van der Waals surface area (Å²) in [6.07, 6.45) is 10.2. The number of pyridine rings is 2. The molecular formula is C37H38N8Pt. The quantitative estimate of drug-likeness (QED) is 0.145. The number of rotatable bonds is 7. The van der Waals surface area contributed by atoms with Crippen molar-refractivity contribution in [3.63, 3.8) is 0 Å². The standard InChI is InChI=1S/C37H38N8.Pt/c1-23(2)12-14-25-16-32-37(5,6)33-17-26(15-13-24(3)4)19-35(43-33)45-22-30(36(40-7)44-45)28-11-9-8-10-27(28)29(31(39)20-38)21-41-34(18-25)42-32;/h8-11,16-19,23-24,39H,12-15H2,1-6H3,(H,41,42);/q-2;+2. The third-order valence-electron chi connectivity index (χ3n) is 8.16. The molecule has 4 heterocycles. The molecule has 0 aliphatic carbocycles. The fourth-order valence-corrected chi connectivity index (χ4v) is 5.36. The number of nitrogens with zero attached hydrogens (tertiary/aromatic N) is 6. The van der Waals surface area contributed by atoms with Crippen molar-refractivity contribution in [1.82, 2.24) is 19.7 Å². The van der Waals surface area contributed by atoms with Crippen LogP contribution in [0.15, 0.2) is 48.5 Å². The van der Waals surface area contributed by atoms with E-state index >= 15 is 0 Å². The predicted octanol–water partition coefficient (Wildman–Crippen LogP) is 8.29. The monoisotopic (exact) mass is 789 g/mol. The maximum atomic E-state index is 9.82. The van der Waals surface area contributed by atoms with E-state index in [1.807, 2.05) is 42.5 Å². The van der Waals surface area contributed by atoms with Gasteiger partial charge >= 0.3 is 26.9 Å². The second-order valence-electron chi connectivity index (χ2n) is 12.9. The average Bonchev–Trinajstić information content (AvgIpc) is 3.47. The van der Waals surface area contributed by atoms with Gasteiger partial charge < -0.3 is 15.6 Å². The Hall–Kier alpha value is -4.39. The molecule has 46 heavy (non-hydrogen) atoms. The summed E-state index contributed by atoms with van der Waals surface area (Å²) >= 11 is 0. The number of nitriles is 1. The van der Waals surface area contributed by atoms with Gasteiger partial charge in [-0.1, -0.05) is 81.4 Å². The van der Waals surface area contributed by atoms with E-state index in [0.717, 1.165) is 48.2 Å². The zero-order chi connectivity index (χ0) is 32.3. The molecule has 2 N–H and O–H groups in total. The molecule has 5 rings (SSSR count). The van der Waals surface area contributed by atoms with Crippen molar-refractivity contribution < 1.29 is 21.1 Å². The van der Waals surface area contributed by atoms with E-state index in [2.05, 4.69) is 81.3 Å². The third kappa shape index (κ3) is 7.35. The fraction of sp³-hybridized carbons (Fsp3) is 0.351. The Kier molecular flexibility index (Phi) is 10.8. The maximum absolute atomic E-state index is 9.82. The van der Waals surface area contributed by atoms with Crippen molar-refractivity contribution in [3.8, 4) is 23.0 Å². The Balaban J connectivity index is 0.00000480. The molecule has 0 unspecified atom stereocenters. The second-order valence-corrected chi connectivity index (χ2v) is 12.9. The van der Waals surface area contributed by atoms with E-state index in [4.69, 9.17) is 21.9 Å². The van der Waals surface area contributed by atoms with Gasteiger partial charge in [-0.25, -0.2) is 9.94 Å². The third-order valence-corrected chi connectivity index (χ3v) is 8.16. The van der Waals surface area contributed by atoms with Gasteiger partial charge in [-0.2, -0.15) is 0 Å². The number of nitrogens with one attached hydrogen (secondary N) is 2. The Morgan fingerprint density at radius 2 is 1.61 bits per heavy atom. The van der Waals surface area contributed by atoms with Crippen molar-refractivity contribution in [1.29, 1.82) is 10.7 Å². The molecule has 0 radical (unpaired) electrons. The van der Waals surface area contributed by atoms with Crippen molar-refractivity contribution in [3.05, 3.63) is 100 Å². The number of anilines is 1. The van der Waals surface area contributed by atoms with Gasteiger partial charge in [0, 0.05) is 21.9 Å². The van der Waals surface area contributed by atoms with Gasteiger partial charge in [0.2, 0.25) is 0 Å². The van der Waals surface area contributed by atoms with Crippen molar-refractivity contribution in [2.75, 3.05) is 5.32 Å². The van der Waals surface area contributed by atoms with Gasteiger partial charge in [0.05, 0.1) is 23.4 Å². The smallest absolute Gasteiger partial charge is 0.424 e. The average molecular weight is 790 g/mol. The van der Waals surface area contributed by atoms with Crippen molar-refractivity contribution in [2.24, 2.45) is 11.8 Å². The van der Waals surface area contributed by atoms with Gasteiger partial charge in [-0.15, -0.1) is 23.3 Å². The van der Waals surface area contributed by atoms with Crippen LogP contribution >= 0.6 is 0 Å². The Bertz CT molecular complexity index is 1870. The van der Waals surface area contributed by atoms with E-state index < -0.39 is 5.41 Å². The molecular weight excluding hydrogens is 752 g/mol. The van der Waals surface area contributed by atoms with Crippen LogP contribution in [-0.2, 0) is 39.3 Å². The van der Waals surface area contributed by atoms with E-state index in [1.165, 1.54) is 0 Å². The van der Waals surface area contributed by atoms with Crippen LogP contribution in [0.2, 0.25) is 0 Å². The van der Waals surface area contributed by atoms with Crippen LogP contribution in [-0.4, -0.2) is 25.5 Å². The number of fused-ring (bicyclic) bond motifs is 9. The number of hydrogen-bond acceptors (Lipinski definition) is 6. The molecule has 236 valence electrons. The van der Waals surface area contributed by atoms with Gasteiger partial charge in [-0.05, 0) is 75.3 Å². The van der Waals surface area contributed by atoms with E-state index in [9.17, 15) is 5.26 Å². The first-order valence-electron chi connectivity index (χ1n) is 15.4. The number of allylic oxidation sites excluding steroid dienone is 1. The first-order chi connectivity index (χ1) is 21.5. The van der Waals surface area contributed by atoms with Gasteiger partial charge in [0.15, 0.2) is 0 Å². The SMILES string of the molecule is [C-]#[N+]c1nn2[c-]c1-c1ccccc1C(C(=N)C#N)=[C-]Nc1cc(CCC(C)C)cc(n1)C(C)(C)c1cc(CCC(C)C)cc-2n1.[Pt+2]. The molecule has 8 nitrogen and oxygen atoms in total. The predicted molar refractivity (Wildman–Crippen MR) is 178 cm³/mol. The fourth-order valence-electron chi connectivity index (χ4n) is 5.36. The molecule has 0 spiro atoms. The Labute approximate surface area is 286 Å². The molecule has 0 fully saturated rings. The summed E-state index contributed by atoms with van der Waals surface area (Å²) in [6, 6.07) is 17.7. The summed E-state index contributed by atoms with van der Waals surface area (Å²) in [7, 11) is 0. The summed E-state index contributed by atoms with van der Waals surface area (Å²) in [5.41, 5.74) is 4.97. The van der Waals surface area contributed by atoms with Crippen molar-refractivity contribution in [2.45, 2.75) is 72.6 Å². The first kappa shape index (κ1) is 34.5. The minimum atomic E-state index is -0.597. The molecule has 0 amide bonds. The molecule has 1 aliphatic rings. The van der Waals surface area contributed by atoms with Crippen LogP contribution in [0.4, 0.5) is 11.6 Å². The zero-order valence-corrected chi connectivity index (χ0v) is 29.4. The Morgan fingerprint density at radius 3 is 2.22 bits per heavy atom. The number of aromatic nitrogens is 4. The maximum Gasteiger partial charge on any atom is 2.00 e. The van der Waals surface area contributed by atoms with Crippen LogP contribution in [0.1, 0.15) is 82.5 Å². The summed E-state index contributed by atoms with van der Waals surface area (Å²) < 4.78 is 1.55. The molecule has 0 saturated carbocycles.